The predicted molar refractivity (Wildman–Crippen MR) is 71.3 cm³/mol. The molecular formula is C14H15ClN2O. The van der Waals surface area contributed by atoms with E-state index >= 15 is 0 Å². The minimum absolute atomic E-state index is 0.00114. The van der Waals surface area contributed by atoms with Crippen LogP contribution in [0.3, 0.4) is 0 Å². The molecule has 1 amide bonds. The lowest BCUT2D eigenvalue weighted by atomic mass is 9.97. The number of amides is 1. The van der Waals surface area contributed by atoms with Gasteiger partial charge >= 0.3 is 0 Å². The molecule has 1 aliphatic rings. The van der Waals surface area contributed by atoms with E-state index in [1.807, 2.05) is 0 Å². The molecule has 1 fully saturated rings. The molecule has 0 spiro atoms. The van der Waals surface area contributed by atoms with Gasteiger partial charge in [-0.15, -0.1) is 0 Å². The van der Waals surface area contributed by atoms with E-state index in [0.29, 0.717) is 22.2 Å². The van der Waals surface area contributed by atoms with E-state index in [2.05, 4.69) is 18.3 Å². The van der Waals surface area contributed by atoms with Crippen molar-refractivity contribution in [3.8, 4) is 6.07 Å². The molecule has 18 heavy (non-hydrogen) atoms. The molecule has 2 unspecified atom stereocenters. The van der Waals surface area contributed by atoms with Crippen LogP contribution >= 0.6 is 11.6 Å². The fraction of sp³-hybridized carbons (Fsp3) is 0.429. The summed E-state index contributed by atoms with van der Waals surface area (Å²) in [6.07, 6.45) is 3.12. The highest BCUT2D eigenvalue weighted by Gasteiger charge is 2.29. The summed E-state index contributed by atoms with van der Waals surface area (Å²) in [6.45, 7) is 2.10. The van der Waals surface area contributed by atoms with Gasteiger partial charge in [0.05, 0.1) is 11.3 Å². The van der Waals surface area contributed by atoms with Crippen molar-refractivity contribution in [2.75, 3.05) is 5.32 Å². The van der Waals surface area contributed by atoms with Crippen LogP contribution in [0.4, 0.5) is 5.69 Å². The summed E-state index contributed by atoms with van der Waals surface area (Å²) >= 11 is 5.88. The van der Waals surface area contributed by atoms with Gasteiger partial charge in [-0.2, -0.15) is 5.26 Å². The first kappa shape index (κ1) is 12.9. The summed E-state index contributed by atoms with van der Waals surface area (Å²) < 4.78 is 0. The first-order chi connectivity index (χ1) is 8.61. The van der Waals surface area contributed by atoms with Gasteiger partial charge in [-0.25, -0.2) is 0 Å². The van der Waals surface area contributed by atoms with Crippen LogP contribution in [0.25, 0.3) is 0 Å². The van der Waals surface area contributed by atoms with E-state index in [9.17, 15) is 4.79 Å². The Morgan fingerprint density at radius 3 is 2.89 bits per heavy atom. The molecule has 1 aromatic carbocycles. The van der Waals surface area contributed by atoms with Gasteiger partial charge < -0.3 is 5.32 Å². The molecule has 0 heterocycles. The summed E-state index contributed by atoms with van der Waals surface area (Å²) in [4.78, 5) is 12.1. The van der Waals surface area contributed by atoms with Crippen molar-refractivity contribution in [3.63, 3.8) is 0 Å². The van der Waals surface area contributed by atoms with E-state index in [4.69, 9.17) is 16.9 Å². The lowest BCUT2D eigenvalue weighted by Crippen LogP contribution is -2.24. The number of nitrogens with one attached hydrogen (secondary N) is 1. The first-order valence-electron chi connectivity index (χ1n) is 6.12. The Balaban J connectivity index is 2.16. The number of nitriles is 1. The van der Waals surface area contributed by atoms with Crippen molar-refractivity contribution in [3.05, 3.63) is 28.8 Å². The largest absolute Gasteiger partial charge is 0.325 e. The molecule has 94 valence electrons. The third-order valence-electron chi connectivity index (χ3n) is 3.56. The Kier molecular flexibility index (Phi) is 3.88. The quantitative estimate of drug-likeness (QED) is 0.886. The summed E-state index contributed by atoms with van der Waals surface area (Å²) in [5, 5.41) is 12.3. The molecule has 3 nitrogen and oxygen atoms in total. The number of nitrogens with zero attached hydrogens (tertiary/aromatic N) is 1. The topological polar surface area (TPSA) is 52.9 Å². The second-order valence-electron chi connectivity index (χ2n) is 4.81. The second-order valence-corrected chi connectivity index (χ2v) is 5.24. The molecular weight excluding hydrogens is 248 g/mol. The molecule has 0 aliphatic heterocycles. The zero-order valence-electron chi connectivity index (χ0n) is 10.2. The Morgan fingerprint density at radius 1 is 1.50 bits per heavy atom. The van der Waals surface area contributed by atoms with Gasteiger partial charge in [-0.3, -0.25) is 4.79 Å². The molecule has 1 aromatic rings. The number of carbonyl (C=O) groups is 1. The predicted octanol–water partition coefficient (Wildman–Crippen LogP) is 3.59. The standard InChI is InChI=1S/C14H15ClN2O/c1-9-3-2-4-12(9)14(18)17-13-7-11(15)6-5-10(13)8-16/h5-7,9,12H,2-4H2,1H3,(H,17,18). The highest BCUT2D eigenvalue weighted by molar-refractivity contribution is 6.31. The smallest absolute Gasteiger partial charge is 0.227 e. The third kappa shape index (κ3) is 2.65. The Bertz CT molecular complexity index is 507. The first-order valence-corrected chi connectivity index (χ1v) is 6.50. The van der Waals surface area contributed by atoms with Crippen molar-refractivity contribution >= 4 is 23.2 Å². The van der Waals surface area contributed by atoms with Crippen LogP contribution < -0.4 is 5.32 Å². The van der Waals surface area contributed by atoms with Gasteiger partial charge in [0.1, 0.15) is 6.07 Å². The van der Waals surface area contributed by atoms with Crippen LogP contribution in [0.15, 0.2) is 18.2 Å². The molecule has 0 radical (unpaired) electrons. The van der Waals surface area contributed by atoms with Crippen molar-refractivity contribution in [2.24, 2.45) is 11.8 Å². The molecule has 4 heteroatoms. The lowest BCUT2D eigenvalue weighted by molar-refractivity contribution is -0.120. The number of hydrogen-bond donors (Lipinski definition) is 1. The van der Waals surface area contributed by atoms with Crippen molar-refractivity contribution < 1.29 is 4.79 Å². The van der Waals surface area contributed by atoms with E-state index in [1.54, 1.807) is 18.2 Å². The van der Waals surface area contributed by atoms with Crippen LogP contribution in [-0.4, -0.2) is 5.91 Å². The Hall–Kier alpha value is -1.53. The minimum Gasteiger partial charge on any atom is -0.325 e. The van der Waals surface area contributed by atoms with Gasteiger partial charge in [-0.1, -0.05) is 24.9 Å². The molecule has 2 rings (SSSR count). The average Bonchev–Trinajstić information content (AvgIpc) is 2.76. The van der Waals surface area contributed by atoms with Crippen molar-refractivity contribution in [2.45, 2.75) is 26.2 Å². The second kappa shape index (κ2) is 5.41. The lowest BCUT2D eigenvalue weighted by Gasteiger charge is -2.15. The molecule has 1 N–H and O–H groups in total. The summed E-state index contributed by atoms with van der Waals surface area (Å²) in [6, 6.07) is 6.95. The fourth-order valence-corrected chi connectivity index (χ4v) is 2.65. The maximum atomic E-state index is 12.1. The van der Waals surface area contributed by atoms with Crippen LogP contribution in [0.2, 0.25) is 5.02 Å². The number of carbonyl (C=O) groups excluding carboxylic acids is 1. The zero-order valence-corrected chi connectivity index (χ0v) is 11.0. The third-order valence-corrected chi connectivity index (χ3v) is 3.79. The maximum Gasteiger partial charge on any atom is 0.227 e. The Morgan fingerprint density at radius 2 is 2.28 bits per heavy atom. The molecule has 2 atom stereocenters. The number of rotatable bonds is 2. The molecule has 0 aromatic heterocycles. The SMILES string of the molecule is CC1CCCC1C(=O)Nc1cc(Cl)ccc1C#N. The summed E-state index contributed by atoms with van der Waals surface area (Å²) in [5.74, 6) is 0.462. The Labute approximate surface area is 112 Å². The maximum absolute atomic E-state index is 12.1. The number of hydrogen-bond acceptors (Lipinski definition) is 2. The van der Waals surface area contributed by atoms with Gasteiger partial charge in [0.2, 0.25) is 5.91 Å². The monoisotopic (exact) mass is 262 g/mol. The van der Waals surface area contributed by atoms with Crippen LogP contribution in [0, 0.1) is 23.2 Å². The average molecular weight is 263 g/mol. The van der Waals surface area contributed by atoms with E-state index in [0.717, 1.165) is 19.3 Å². The number of benzene rings is 1. The zero-order chi connectivity index (χ0) is 13.1. The van der Waals surface area contributed by atoms with Gasteiger partial charge in [0.15, 0.2) is 0 Å². The summed E-state index contributed by atoms with van der Waals surface area (Å²) in [5.41, 5.74) is 0.951. The normalized spacial score (nSPS) is 22.5. The highest BCUT2D eigenvalue weighted by Crippen LogP contribution is 2.32. The molecule has 1 aliphatic carbocycles. The van der Waals surface area contributed by atoms with Crippen LogP contribution in [0.5, 0.6) is 0 Å². The molecule has 1 saturated carbocycles. The summed E-state index contributed by atoms with van der Waals surface area (Å²) in [7, 11) is 0. The van der Waals surface area contributed by atoms with Crippen molar-refractivity contribution in [1.29, 1.82) is 5.26 Å². The molecule has 0 saturated heterocycles. The number of anilines is 1. The van der Waals surface area contributed by atoms with Crippen LogP contribution in [0.1, 0.15) is 31.7 Å². The fourth-order valence-electron chi connectivity index (χ4n) is 2.48. The minimum atomic E-state index is -0.00114. The van der Waals surface area contributed by atoms with Crippen molar-refractivity contribution in [1.82, 2.24) is 0 Å². The van der Waals surface area contributed by atoms with Gasteiger partial charge in [0.25, 0.3) is 0 Å². The number of halogens is 1. The van der Waals surface area contributed by atoms with Gasteiger partial charge in [-0.05, 0) is 37.0 Å². The highest BCUT2D eigenvalue weighted by atomic mass is 35.5. The van der Waals surface area contributed by atoms with Crippen LogP contribution in [-0.2, 0) is 4.79 Å². The van der Waals surface area contributed by atoms with Gasteiger partial charge in [0, 0.05) is 10.9 Å². The van der Waals surface area contributed by atoms with E-state index in [1.165, 1.54) is 0 Å². The van der Waals surface area contributed by atoms with E-state index < -0.39 is 0 Å². The molecule has 0 bridgehead atoms. The van der Waals surface area contributed by atoms with E-state index in [-0.39, 0.29) is 11.8 Å².